The molecule has 2 aromatic carbocycles. The lowest BCUT2D eigenvalue weighted by Gasteiger charge is -2.41. The van der Waals surface area contributed by atoms with E-state index in [0.29, 0.717) is 45.6 Å². The number of ether oxygens (including phenoxy) is 1. The summed E-state index contributed by atoms with van der Waals surface area (Å²) >= 11 is 0. The van der Waals surface area contributed by atoms with Gasteiger partial charge in [-0.1, -0.05) is 60.7 Å². The van der Waals surface area contributed by atoms with Crippen molar-refractivity contribution in [3.8, 4) is 0 Å². The molecule has 0 aliphatic carbocycles. The van der Waals surface area contributed by atoms with Crippen molar-refractivity contribution < 1.29 is 22.7 Å². The highest BCUT2D eigenvalue weighted by Gasteiger charge is 2.48. The predicted octanol–water partition coefficient (Wildman–Crippen LogP) is 1.90. The fourth-order valence-electron chi connectivity index (χ4n) is 5.89. The van der Waals surface area contributed by atoms with E-state index in [2.05, 4.69) is 5.32 Å². The Kier molecular flexibility index (Phi) is 7.80. The van der Waals surface area contributed by atoms with Crippen molar-refractivity contribution in [1.82, 2.24) is 15.1 Å². The van der Waals surface area contributed by atoms with Crippen molar-refractivity contribution in [2.24, 2.45) is 0 Å². The molecule has 39 heavy (non-hydrogen) atoms. The minimum absolute atomic E-state index is 0.0615. The van der Waals surface area contributed by atoms with Crippen molar-refractivity contribution in [3.63, 3.8) is 0 Å². The summed E-state index contributed by atoms with van der Waals surface area (Å²) in [6, 6.07) is 16.1. The predicted molar refractivity (Wildman–Crippen MR) is 150 cm³/mol. The van der Waals surface area contributed by atoms with Gasteiger partial charge in [0.15, 0.2) is 0 Å². The van der Waals surface area contributed by atoms with Crippen LogP contribution in [-0.2, 0) is 36.4 Å². The lowest BCUT2D eigenvalue weighted by atomic mass is 9.74. The molecule has 0 aromatic heterocycles. The summed E-state index contributed by atoms with van der Waals surface area (Å²) in [6.07, 6.45) is 6.30. The number of fused-ring (bicyclic) bond motifs is 2. The van der Waals surface area contributed by atoms with Crippen molar-refractivity contribution in [2.75, 3.05) is 50.4 Å². The van der Waals surface area contributed by atoms with Crippen LogP contribution in [0.4, 0.5) is 5.69 Å². The Hall–Kier alpha value is -3.21. The molecular weight excluding hydrogens is 516 g/mol. The molecule has 0 bridgehead atoms. The quantitative estimate of drug-likeness (QED) is 0.503. The first-order chi connectivity index (χ1) is 18.7. The zero-order chi connectivity index (χ0) is 27.6. The van der Waals surface area contributed by atoms with Gasteiger partial charge in [-0.25, -0.2) is 8.42 Å². The standard InChI is InChI=1S/C29H36N4O5S/c1-31-16-8-13-26(31)27(34)30-24(20-38-19-22-9-4-3-5-10-22)28(35)32-17-14-29(15-18-32)21-33(39(2,36)37)25-12-7-6-11-23(25)29/h3-13,24,26H,14-21H2,1-2H3,(H,30,34)/t24-,26?/m1/s1. The smallest absolute Gasteiger partial charge is 0.247 e. The zero-order valence-corrected chi connectivity index (χ0v) is 23.3. The third-order valence-electron chi connectivity index (χ3n) is 8.09. The molecule has 1 fully saturated rings. The van der Waals surface area contributed by atoms with Crippen LogP contribution in [0.15, 0.2) is 66.7 Å². The van der Waals surface area contributed by atoms with Crippen LogP contribution in [0.5, 0.6) is 0 Å². The molecule has 10 heteroatoms. The summed E-state index contributed by atoms with van der Waals surface area (Å²) in [5, 5.41) is 2.94. The summed E-state index contributed by atoms with van der Waals surface area (Å²) in [5.74, 6) is -0.406. The van der Waals surface area contributed by atoms with E-state index in [1.54, 1.807) is 4.90 Å². The maximum absolute atomic E-state index is 13.7. The summed E-state index contributed by atoms with van der Waals surface area (Å²) in [4.78, 5) is 30.5. The van der Waals surface area contributed by atoms with Crippen molar-refractivity contribution >= 4 is 27.5 Å². The van der Waals surface area contributed by atoms with Crippen LogP contribution in [0.1, 0.15) is 24.0 Å². The number of hydrogen-bond acceptors (Lipinski definition) is 6. The third kappa shape index (κ3) is 5.73. The number of para-hydroxylation sites is 1. The lowest BCUT2D eigenvalue weighted by molar-refractivity contribution is -0.140. The lowest BCUT2D eigenvalue weighted by Crippen LogP contribution is -2.57. The topological polar surface area (TPSA) is 99.3 Å². The number of sulfonamides is 1. The molecule has 1 N–H and O–H groups in total. The molecule has 208 valence electrons. The Balaban J connectivity index is 1.28. The van der Waals surface area contributed by atoms with Gasteiger partial charge in [0.05, 0.1) is 25.2 Å². The molecule has 0 saturated carbocycles. The van der Waals surface area contributed by atoms with E-state index < -0.39 is 22.1 Å². The highest BCUT2D eigenvalue weighted by atomic mass is 32.2. The fourth-order valence-corrected chi connectivity index (χ4v) is 6.89. The Labute approximate surface area is 230 Å². The molecule has 2 amide bonds. The number of likely N-dealkylation sites (tertiary alicyclic amines) is 1. The van der Waals surface area contributed by atoms with Gasteiger partial charge in [-0.3, -0.25) is 18.8 Å². The largest absolute Gasteiger partial charge is 0.374 e. The number of nitrogens with one attached hydrogen (secondary N) is 1. The van der Waals surface area contributed by atoms with E-state index in [4.69, 9.17) is 4.74 Å². The molecule has 9 nitrogen and oxygen atoms in total. The maximum Gasteiger partial charge on any atom is 0.247 e. The summed E-state index contributed by atoms with van der Waals surface area (Å²) in [5.41, 5.74) is 2.41. The van der Waals surface area contributed by atoms with E-state index in [1.165, 1.54) is 10.6 Å². The number of nitrogens with zero attached hydrogens (tertiary/aromatic N) is 3. The van der Waals surface area contributed by atoms with Crippen LogP contribution in [0.2, 0.25) is 0 Å². The van der Waals surface area contributed by atoms with Crippen LogP contribution in [0.25, 0.3) is 0 Å². The van der Waals surface area contributed by atoms with Crippen molar-refractivity contribution in [1.29, 1.82) is 0 Å². The fraction of sp³-hybridized carbons (Fsp3) is 0.448. The molecule has 1 unspecified atom stereocenters. The number of piperidine rings is 1. The molecule has 5 rings (SSSR count). The molecule has 2 aromatic rings. The van der Waals surface area contributed by atoms with Crippen LogP contribution >= 0.6 is 0 Å². The molecule has 1 saturated heterocycles. The van der Waals surface area contributed by atoms with E-state index >= 15 is 0 Å². The molecule has 0 radical (unpaired) electrons. The minimum atomic E-state index is -3.41. The zero-order valence-electron chi connectivity index (χ0n) is 22.5. The first kappa shape index (κ1) is 27.4. The molecule has 2 atom stereocenters. The van der Waals surface area contributed by atoms with E-state index in [0.717, 1.165) is 16.8 Å². The second-order valence-electron chi connectivity index (χ2n) is 10.8. The van der Waals surface area contributed by atoms with Crippen LogP contribution in [-0.4, -0.2) is 88.2 Å². The van der Waals surface area contributed by atoms with Gasteiger partial charge in [-0.05, 0) is 37.1 Å². The number of carbonyl (C=O) groups excluding carboxylic acids is 2. The highest BCUT2D eigenvalue weighted by molar-refractivity contribution is 7.92. The van der Waals surface area contributed by atoms with Gasteiger partial charge in [-0.15, -0.1) is 0 Å². The molecular formula is C29H36N4O5S. The number of carbonyl (C=O) groups is 2. The van der Waals surface area contributed by atoms with Gasteiger partial charge in [0.1, 0.15) is 12.1 Å². The van der Waals surface area contributed by atoms with Crippen LogP contribution < -0.4 is 9.62 Å². The van der Waals surface area contributed by atoms with Gasteiger partial charge in [0, 0.05) is 31.6 Å². The van der Waals surface area contributed by atoms with Crippen molar-refractivity contribution in [3.05, 3.63) is 77.9 Å². The van der Waals surface area contributed by atoms with Gasteiger partial charge in [-0.2, -0.15) is 0 Å². The van der Waals surface area contributed by atoms with E-state index in [-0.39, 0.29) is 23.8 Å². The monoisotopic (exact) mass is 552 g/mol. The molecule has 3 aliphatic rings. The Morgan fingerprint density at radius 2 is 1.77 bits per heavy atom. The van der Waals surface area contributed by atoms with Gasteiger partial charge >= 0.3 is 0 Å². The Morgan fingerprint density at radius 1 is 1.08 bits per heavy atom. The Morgan fingerprint density at radius 3 is 2.44 bits per heavy atom. The SMILES string of the molecule is CN1CC=CC1C(=O)N[C@H](COCc1ccccc1)C(=O)N1CCC2(CC1)CN(S(C)(=O)=O)c1ccccc12. The highest BCUT2D eigenvalue weighted by Crippen LogP contribution is 2.47. The van der Waals surface area contributed by atoms with E-state index in [1.807, 2.05) is 78.7 Å². The van der Waals surface area contributed by atoms with Crippen LogP contribution in [0.3, 0.4) is 0 Å². The molecule has 3 heterocycles. The van der Waals surface area contributed by atoms with Gasteiger partial charge < -0.3 is 15.0 Å². The average molecular weight is 553 g/mol. The maximum atomic E-state index is 13.7. The van der Waals surface area contributed by atoms with Gasteiger partial charge in [0.25, 0.3) is 0 Å². The number of likely N-dealkylation sites (N-methyl/N-ethyl adjacent to an activating group) is 1. The van der Waals surface area contributed by atoms with Crippen LogP contribution in [0, 0.1) is 0 Å². The van der Waals surface area contributed by atoms with Gasteiger partial charge in [0.2, 0.25) is 21.8 Å². The summed E-state index contributed by atoms with van der Waals surface area (Å²) < 4.78 is 32.4. The van der Waals surface area contributed by atoms with Crippen molar-refractivity contribution in [2.45, 2.75) is 36.9 Å². The number of benzene rings is 2. The Bertz CT molecular complexity index is 1340. The first-order valence-corrected chi connectivity index (χ1v) is 15.2. The summed E-state index contributed by atoms with van der Waals surface area (Å²) in [7, 11) is -1.54. The van der Waals surface area contributed by atoms with E-state index in [9.17, 15) is 18.0 Å². The minimum Gasteiger partial charge on any atom is -0.374 e. The second kappa shape index (κ2) is 11.1. The summed E-state index contributed by atoms with van der Waals surface area (Å²) in [6.45, 7) is 2.41. The number of rotatable bonds is 8. The number of amides is 2. The second-order valence-corrected chi connectivity index (χ2v) is 12.7. The normalized spacial score (nSPS) is 21.2. The average Bonchev–Trinajstić information content (AvgIpc) is 3.50. The number of anilines is 1. The molecule has 3 aliphatic heterocycles. The molecule has 1 spiro atoms. The number of hydrogen-bond donors (Lipinski definition) is 1. The first-order valence-electron chi connectivity index (χ1n) is 13.3. The third-order valence-corrected chi connectivity index (χ3v) is 9.22.